The van der Waals surface area contributed by atoms with Crippen molar-refractivity contribution in [3.8, 4) is 0 Å². The van der Waals surface area contributed by atoms with Gasteiger partial charge in [0.1, 0.15) is 11.6 Å². The number of nitrogens with zero attached hydrogens (tertiary/aromatic N) is 1. The minimum absolute atomic E-state index is 0.112. The smallest absolute Gasteiger partial charge is 0.132 e. The number of piperazine rings is 1. The first-order valence-corrected chi connectivity index (χ1v) is 8.10. The molecule has 1 N–H and O–H groups in total. The van der Waals surface area contributed by atoms with Gasteiger partial charge in [0.2, 0.25) is 0 Å². The third-order valence-corrected chi connectivity index (χ3v) is 4.27. The molecule has 5 heteroatoms. The van der Waals surface area contributed by atoms with E-state index in [2.05, 4.69) is 17.1 Å². The number of rotatable bonds is 6. The lowest BCUT2D eigenvalue weighted by Crippen LogP contribution is -2.45. The maximum Gasteiger partial charge on any atom is 0.132 e. The highest BCUT2D eigenvalue weighted by atomic mass is 35.5. The van der Waals surface area contributed by atoms with E-state index in [4.69, 9.17) is 11.6 Å². The Morgan fingerprint density at radius 3 is 2.38 bits per heavy atom. The Kier molecular flexibility index (Phi) is 6.40. The van der Waals surface area contributed by atoms with Crippen molar-refractivity contribution in [2.75, 3.05) is 26.2 Å². The quantitative estimate of drug-likeness (QED) is 0.793. The van der Waals surface area contributed by atoms with Crippen LogP contribution in [-0.4, -0.2) is 31.1 Å². The summed E-state index contributed by atoms with van der Waals surface area (Å²) in [5.41, 5.74) is 0.178. The fourth-order valence-corrected chi connectivity index (χ4v) is 3.15. The zero-order valence-corrected chi connectivity index (χ0v) is 13.2. The summed E-state index contributed by atoms with van der Waals surface area (Å²) in [5, 5.41) is 3.39. The lowest BCUT2D eigenvalue weighted by atomic mass is 9.97. The molecule has 2 rings (SSSR count). The number of halogens is 3. The van der Waals surface area contributed by atoms with Gasteiger partial charge < -0.3 is 5.32 Å². The second-order valence-corrected chi connectivity index (χ2v) is 6.02. The van der Waals surface area contributed by atoms with Gasteiger partial charge in [-0.25, -0.2) is 8.78 Å². The predicted molar refractivity (Wildman–Crippen MR) is 82.7 cm³/mol. The van der Waals surface area contributed by atoms with Crippen LogP contribution in [0.5, 0.6) is 0 Å². The first-order chi connectivity index (χ1) is 10.1. The Labute approximate surface area is 130 Å². The Hall–Kier alpha value is -0.710. The van der Waals surface area contributed by atoms with Crippen molar-refractivity contribution in [2.24, 2.45) is 0 Å². The molecule has 0 spiro atoms. The number of benzene rings is 1. The molecular weight excluding hydrogens is 294 g/mol. The van der Waals surface area contributed by atoms with Crippen LogP contribution >= 0.6 is 11.6 Å². The molecule has 0 radical (unpaired) electrons. The van der Waals surface area contributed by atoms with Crippen molar-refractivity contribution in [1.82, 2.24) is 10.2 Å². The fourth-order valence-electron chi connectivity index (χ4n) is 2.96. The highest BCUT2D eigenvalue weighted by molar-refractivity contribution is 6.30. The van der Waals surface area contributed by atoms with Crippen molar-refractivity contribution < 1.29 is 8.78 Å². The summed E-state index contributed by atoms with van der Waals surface area (Å²) in [4.78, 5) is 2.18. The molecule has 118 valence electrons. The van der Waals surface area contributed by atoms with E-state index in [0.29, 0.717) is 0 Å². The number of hydrogen-bond acceptors (Lipinski definition) is 2. The maximum atomic E-state index is 14.3. The summed E-state index contributed by atoms with van der Waals surface area (Å²) in [5.74, 6) is -1.06. The Morgan fingerprint density at radius 2 is 1.81 bits per heavy atom. The van der Waals surface area contributed by atoms with Crippen molar-refractivity contribution in [3.63, 3.8) is 0 Å². The molecule has 1 aliphatic heterocycles. The molecule has 1 saturated heterocycles. The van der Waals surface area contributed by atoms with Crippen molar-refractivity contribution in [2.45, 2.75) is 38.6 Å². The summed E-state index contributed by atoms with van der Waals surface area (Å²) < 4.78 is 28.5. The molecule has 2 nitrogen and oxygen atoms in total. The van der Waals surface area contributed by atoms with Gasteiger partial charge in [-0.3, -0.25) is 4.90 Å². The first kappa shape index (κ1) is 16.7. The average molecular weight is 317 g/mol. The molecular formula is C16H23ClF2N2. The minimum atomic E-state index is -0.528. The van der Waals surface area contributed by atoms with Crippen LogP contribution in [0.25, 0.3) is 0 Å². The molecule has 1 heterocycles. The molecule has 1 atom stereocenters. The lowest BCUT2D eigenvalue weighted by Gasteiger charge is -2.35. The lowest BCUT2D eigenvalue weighted by molar-refractivity contribution is 0.156. The summed E-state index contributed by atoms with van der Waals surface area (Å²) in [6, 6.07) is 2.24. The summed E-state index contributed by atoms with van der Waals surface area (Å²) in [6.07, 6.45) is 3.94. The SMILES string of the molecule is CCCCC[C@H](c1c(F)cc(Cl)cc1F)N1CCNCC1. The van der Waals surface area contributed by atoms with Crippen LogP contribution in [0.2, 0.25) is 5.02 Å². The number of hydrogen-bond donors (Lipinski definition) is 1. The van der Waals surface area contributed by atoms with Crippen LogP contribution in [0.15, 0.2) is 12.1 Å². The maximum absolute atomic E-state index is 14.3. The second-order valence-electron chi connectivity index (χ2n) is 5.58. The van der Waals surface area contributed by atoms with E-state index in [1.807, 2.05) is 0 Å². The van der Waals surface area contributed by atoms with E-state index in [-0.39, 0.29) is 16.6 Å². The second kappa shape index (κ2) is 8.06. The largest absolute Gasteiger partial charge is 0.314 e. The van der Waals surface area contributed by atoms with Gasteiger partial charge in [-0.15, -0.1) is 0 Å². The average Bonchev–Trinajstić information content (AvgIpc) is 2.45. The number of nitrogens with one attached hydrogen (secondary N) is 1. The molecule has 1 aromatic carbocycles. The van der Waals surface area contributed by atoms with Crippen LogP contribution in [0, 0.1) is 11.6 Å². The van der Waals surface area contributed by atoms with E-state index in [1.54, 1.807) is 0 Å². The van der Waals surface area contributed by atoms with Gasteiger partial charge >= 0.3 is 0 Å². The molecule has 0 saturated carbocycles. The Balaban J connectivity index is 2.25. The van der Waals surface area contributed by atoms with Crippen molar-refractivity contribution in [1.29, 1.82) is 0 Å². The number of unbranched alkanes of at least 4 members (excludes halogenated alkanes) is 2. The third-order valence-electron chi connectivity index (χ3n) is 4.05. The van der Waals surface area contributed by atoms with Crippen LogP contribution in [0.4, 0.5) is 8.78 Å². The summed E-state index contributed by atoms with van der Waals surface area (Å²) in [7, 11) is 0. The molecule has 1 fully saturated rings. The topological polar surface area (TPSA) is 15.3 Å². The monoisotopic (exact) mass is 316 g/mol. The molecule has 0 amide bonds. The van der Waals surface area contributed by atoms with E-state index in [0.717, 1.165) is 51.9 Å². The van der Waals surface area contributed by atoms with E-state index in [1.165, 1.54) is 12.1 Å². The van der Waals surface area contributed by atoms with Crippen molar-refractivity contribution in [3.05, 3.63) is 34.4 Å². The summed E-state index contributed by atoms with van der Waals surface area (Å²) >= 11 is 5.74. The van der Waals surface area contributed by atoms with E-state index in [9.17, 15) is 8.78 Å². The molecule has 0 aliphatic carbocycles. The molecule has 1 aromatic rings. The Bertz CT molecular complexity index is 439. The highest BCUT2D eigenvalue weighted by Gasteiger charge is 2.27. The molecule has 21 heavy (non-hydrogen) atoms. The van der Waals surface area contributed by atoms with Crippen LogP contribution < -0.4 is 5.32 Å². The standard InChI is InChI=1S/C16H23ClF2N2/c1-2-3-4-5-15(21-8-6-20-7-9-21)16-13(18)10-12(17)11-14(16)19/h10-11,15,20H,2-9H2,1H3/t15-/m1/s1. The van der Waals surface area contributed by atoms with Crippen LogP contribution in [-0.2, 0) is 0 Å². The molecule has 0 bridgehead atoms. The molecule has 0 unspecified atom stereocenters. The minimum Gasteiger partial charge on any atom is -0.314 e. The van der Waals surface area contributed by atoms with Crippen LogP contribution in [0.3, 0.4) is 0 Å². The first-order valence-electron chi connectivity index (χ1n) is 7.72. The Morgan fingerprint density at radius 1 is 1.19 bits per heavy atom. The van der Waals surface area contributed by atoms with Gasteiger partial charge in [0.25, 0.3) is 0 Å². The van der Waals surface area contributed by atoms with E-state index >= 15 is 0 Å². The van der Waals surface area contributed by atoms with Gasteiger partial charge in [-0.05, 0) is 18.6 Å². The van der Waals surface area contributed by atoms with E-state index < -0.39 is 11.6 Å². The highest BCUT2D eigenvalue weighted by Crippen LogP contribution is 2.32. The van der Waals surface area contributed by atoms with Gasteiger partial charge in [0, 0.05) is 42.8 Å². The fraction of sp³-hybridized carbons (Fsp3) is 0.625. The van der Waals surface area contributed by atoms with Gasteiger partial charge in [0.05, 0.1) is 0 Å². The summed E-state index contributed by atoms with van der Waals surface area (Å²) in [6.45, 7) is 5.49. The zero-order chi connectivity index (χ0) is 15.2. The van der Waals surface area contributed by atoms with Gasteiger partial charge in [-0.1, -0.05) is 37.8 Å². The molecule has 0 aromatic heterocycles. The zero-order valence-electron chi connectivity index (χ0n) is 12.5. The predicted octanol–water partition coefficient (Wildman–Crippen LogP) is 4.14. The van der Waals surface area contributed by atoms with Crippen LogP contribution in [0.1, 0.15) is 44.2 Å². The molecule has 1 aliphatic rings. The third kappa shape index (κ3) is 4.38. The van der Waals surface area contributed by atoms with Crippen molar-refractivity contribution >= 4 is 11.6 Å². The normalized spacial score (nSPS) is 17.9. The van der Waals surface area contributed by atoms with Gasteiger partial charge in [-0.2, -0.15) is 0 Å². The van der Waals surface area contributed by atoms with Gasteiger partial charge in [0.15, 0.2) is 0 Å².